The number of hydrogen-bond donors (Lipinski definition) is 1. The fourth-order valence-corrected chi connectivity index (χ4v) is 3.54. The third-order valence-corrected chi connectivity index (χ3v) is 5.02. The van der Waals surface area contributed by atoms with Gasteiger partial charge in [0.25, 0.3) is 0 Å². The molecule has 2 aromatic rings. The highest BCUT2D eigenvalue weighted by Crippen LogP contribution is 2.25. The zero-order valence-corrected chi connectivity index (χ0v) is 15.5. The van der Waals surface area contributed by atoms with E-state index in [0.717, 1.165) is 12.0 Å². The molecule has 0 unspecified atom stereocenters. The van der Waals surface area contributed by atoms with Crippen LogP contribution >= 0.6 is 11.6 Å². The molecule has 0 aliphatic heterocycles. The van der Waals surface area contributed by atoms with Crippen molar-refractivity contribution in [1.82, 2.24) is 5.06 Å². The average Bonchev–Trinajstić information content (AvgIpc) is 2.55. The van der Waals surface area contributed by atoms with Crippen molar-refractivity contribution in [2.75, 3.05) is 20.2 Å². The van der Waals surface area contributed by atoms with Gasteiger partial charge in [0.15, 0.2) is 0 Å². The van der Waals surface area contributed by atoms with E-state index in [1.54, 1.807) is 42.4 Å². The first-order valence-corrected chi connectivity index (χ1v) is 9.53. The Bertz CT molecular complexity index is 799. The number of benzene rings is 2. The summed E-state index contributed by atoms with van der Waals surface area (Å²) >= 11 is 5.94. The molecule has 8 heteroatoms. The fourth-order valence-electron chi connectivity index (χ4n) is 2.12. The van der Waals surface area contributed by atoms with E-state index in [-0.39, 0.29) is 15.7 Å². The first-order valence-electron chi connectivity index (χ1n) is 7.74. The van der Waals surface area contributed by atoms with E-state index in [2.05, 4.69) is 0 Å². The third kappa shape index (κ3) is 5.98. The average molecular weight is 385 g/mol. The summed E-state index contributed by atoms with van der Waals surface area (Å²) in [6.07, 6.45) is 0.767. The second-order valence-electron chi connectivity index (χ2n) is 5.38. The van der Waals surface area contributed by atoms with E-state index >= 15 is 0 Å². The molecular weight excluding hydrogens is 364 g/mol. The topological polar surface area (TPSA) is 81.9 Å². The maximum Gasteiger partial charge on any atom is 0.340 e. The van der Waals surface area contributed by atoms with Crippen LogP contribution < -0.4 is 9.92 Å². The molecular formula is C17H21ClN2O4S. The lowest BCUT2D eigenvalue weighted by Crippen LogP contribution is -2.20. The minimum Gasteiger partial charge on any atom is -0.379 e. The Labute approximate surface area is 153 Å². The smallest absolute Gasteiger partial charge is 0.340 e. The molecule has 6 nitrogen and oxygen atoms in total. The van der Waals surface area contributed by atoms with Crippen molar-refractivity contribution in [1.29, 1.82) is 0 Å². The summed E-state index contributed by atoms with van der Waals surface area (Å²) in [7, 11) is -2.20. The highest BCUT2D eigenvalue weighted by atomic mass is 35.5. The van der Waals surface area contributed by atoms with Gasteiger partial charge in [0.05, 0.1) is 11.6 Å². The van der Waals surface area contributed by atoms with Crippen molar-refractivity contribution >= 4 is 21.7 Å². The van der Waals surface area contributed by atoms with E-state index < -0.39 is 10.1 Å². The van der Waals surface area contributed by atoms with Gasteiger partial charge < -0.3 is 9.92 Å². The van der Waals surface area contributed by atoms with Crippen LogP contribution in [0.25, 0.3) is 0 Å². The molecule has 0 radical (unpaired) electrons. The number of nitrogens with zero attached hydrogens (tertiary/aromatic N) is 1. The third-order valence-electron chi connectivity index (χ3n) is 3.28. The van der Waals surface area contributed by atoms with Crippen molar-refractivity contribution in [3.63, 3.8) is 0 Å². The van der Waals surface area contributed by atoms with Crippen LogP contribution in [0.5, 0.6) is 5.75 Å². The normalized spacial score (nSPS) is 11.7. The van der Waals surface area contributed by atoms with Gasteiger partial charge in [-0.1, -0.05) is 35.9 Å². The molecule has 25 heavy (non-hydrogen) atoms. The Morgan fingerprint density at radius 2 is 1.92 bits per heavy atom. The molecule has 0 spiro atoms. The Morgan fingerprint density at radius 3 is 2.64 bits per heavy atom. The molecule has 0 heterocycles. The summed E-state index contributed by atoms with van der Waals surface area (Å²) in [5.41, 5.74) is 6.27. The number of rotatable bonds is 9. The second-order valence-corrected chi connectivity index (χ2v) is 7.30. The molecule has 0 fully saturated rings. The maximum atomic E-state index is 12.4. The van der Waals surface area contributed by atoms with Gasteiger partial charge in [-0.05, 0) is 42.8 Å². The predicted molar refractivity (Wildman–Crippen MR) is 96.8 cm³/mol. The minimum absolute atomic E-state index is 0.0655. The zero-order valence-electron chi connectivity index (χ0n) is 13.9. The van der Waals surface area contributed by atoms with E-state index in [1.807, 2.05) is 6.07 Å². The molecule has 2 rings (SSSR count). The first-order chi connectivity index (χ1) is 11.9. The zero-order chi connectivity index (χ0) is 18.3. The molecule has 136 valence electrons. The van der Waals surface area contributed by atoms with Crippen molar-refractivity contribution in [2.45, 2.75) is 17.9 Å². The van der Waals surface area contributed by atoms with Crippen LogP contribution in [0.1, 0.15) is 12.0 Å². The van der Waals surface area contributed by atoms with E-state index in [9.17, 15) is 8.42 Å². The lowest BCUT2D eigenvalue weighted by molar-refractivity contribution is -0.146. The summed E-state index contributed by atoms with van der Waals surface area (Å²) < 4.78 is 30.0. The van der Waals surface area contributed by atoms with Crippen LogP contribution in [0.3, 0.4) is 0 Å². The number of hydrogen-bond acceptors (Lipinski definition) is 6. The number of hydroxylamine groups is 2. The molecule has 0 atom stereocenters. The summed E-state index contributed by atoms with van der Waals surface area (Å²) in [6.45, 7) is 1.58. The SMILES string of the molecule is CN(Cc1cccc(OS(=O)(=O)c2ccccc2Cl)c1)OCCCN. The Hall–Kier alpha value is -1.64. The summed E-state index contributed by atoms with van der Waals surface area (Å²) in [6, 6.07) is 13.0. The van der Waals surface area contributed by atoms with Crippen LogP contribution in [0.15, 0.2) is 53.4 Å². The van der Waals surface area contributed by atoms with Gasteiger partial charge in [-0.2, -0.15) is 13.5 Å². The molecule has 2 N–H and O–H groups in total. The quantitative estimate of drug-likeness (QED) is 0.406. The summed E-state index contributed by atoms with van der Waals surface area (Å²) in [5, 5.41) is 1.78. The fraction of sp³-hybridized carbons (Fsp3) is 0.294. The van der Waals surface area contributed by atoms with E-state index in [0.29, 0.717) is 19.7 Å². The molecule has 0 saturated heterocycles. The van der Waals surface area contributed by atoms with E-state index in [4.69, 9.17) is 26.4 Å². The Morgan fingerprint density at radius 1 is 1.16 bits per heavy atom. The van der Waals surface area contributed by atoms with Crippen molar-refractivity contribution in [3.05, 3.63) is 59.1 Å². The summed E-state index contributed by atoms with van der Waals surface area (Å²) in [5.74, 6) is 0.216. The monoisotopic (exact) mass is 384 g/mol. The Kier molecular flexibility index (Phi) is 7.22. The van der Waals surface area contributed by atoms with Crippen molar-refractivity contribution < 1.29 is 17.4 Å². The van der Waals surface area contributed by atoms with Crippen molar-refractivity contribution in [3.8, 4) is 5.75 Å². The number of nitrogens with two attached hydrogens (primary N) is 1. The lowest BCUT2D eigenvalue weighted by Gasteiger charge is -2.17. The maximum absolute atomic E-state index is 12.4. The van der Waals surface area contributed by atoms with Crippen LogP contribution in [0, 0.1) is 0 Å². The lowest BCUT2D eigenvalue weighted by atomic mass is 10.2. The number of halogens is 1. The van der Waals surface area contributed by atoms with Crippen LogP contribution in [0.4, 0.5) is 0 Å². The van der Waals surface area contributed by atoms with Gasteiger partial charge in [0, 0.05) is 13.6 Å². The van der Waals surface area contributed by atoms with Gasteiger partial charge in [0.2, 0.25) is 0 Å². The van der Waals surface area contributed by atoms with E-state index in [1.165, 1.54) is 12.1 Å². The van der Waals surface area contributed by atoms with Gasteiger partial charge in [-0.15, -0.1) is 0 Å². The van der Waals surface area contributed by atoms with Gasteiger partial charge >= 0.3 is 10.1 Å². The van der Waals surface area contributed by atoms with Crippen molar-refractivity contribution in [2.24, 2.45) is 5.73 Å². The van der Waals surface area contributed by atoms with Crippen LogP contribution in [0.2, 0.25) is 5.02 Å². The van der Waals surface area contributed by atoms with Crippen LogP contribution in [-0.2, 0) is 21.5 Å². The molecule has 0 aliphatic rings. The second kappa shape index (κ2) is 9.17. The molecule has 0 amide bonds. The van der Waals surface area contributed by atoms with Gasteiger partial charge in [0.1, 0.15) is 10.6 Å². The van der Waals surface area contributed by atoms with Gasteiger partial charge in [-0.25, -0.2) is 0 Å². The van der Waals surface area contributed by atoms with Gasteiger partial charge in [-0.3, -0.25) is 4.84 Å². The molecule has 2 aromatic carbocycles. The highest BCUT2D eigenvalue weighted by molar-refractivity contribution is 7.87. The molecule has 0 aromatic heterocycles. The highest BCUT2D eigenvalue weighted by Gasteiger charge is 2.20. The minimum atomic E-state index is -4.00. The first kappa shape index (κ1) is 19.7. The largest absolute Gasteiger partial charge is 0.379 e. The molecule has 0 aliphatic carbocycles. The Balaban J connectivity index is 2.07. The summed E-state index contributed by atoms with van der Waals surface area (Å²) in [4.78, 5) is 5.42. The van der Waals surface area contributed by atoms with Crippen LogP contribution in [-0.4, -0.2) is 33.7 Å². The standard InChI is InChI=1S/C17H21ClN2O4S/c1-20(23-11-5-10-19)13-14-6-4-7-15(12-14)24-25(21,22)17-9-3-2-8-16(17)18/h2-4,6-9,12H,5,10-11,13,19H2,1H3. The molecule has 0 saturated carbocycles. The molecule has 0 bridgehead atoms. The predicted octanol–water partition coefficient (Wildman–Crippen LogP) is 2.82.